The Morgan fingerprint density at radius 1 is 1.00 bits per heavy atom. The Kier molecular flexibility index (Phi) is 6.44. The predicted molar refractivity (Wildman–Crippen MR) is 131 cm³/mol. The first-order valence-electron chi connectivity index (χ1n) is 11.0. The second-order valence-electron chi connectivity index (χ2n) is 7.90. The summed E-state index contributed by atoms with van der Waals surface area (Å²) < 4.78 is 2.99. The van der Waals surface area contributed by atoms with Gasteiger partial charge < -0.3 is 10.6 Å². The van der Waals surface area contributed by atoms with Crippen LogP contribution in [0.25, 0.3) is 0 Å². The second-order valence-corrected chi connectivity index (χ2v) is 7.90. The van der Waals surface area contributed by atoms with E-state index in [2.05, 4.69) is 10.1 Å². The molecule has 9 heteroatoms. The Balaban J connectivity index is 1.70. The van der Waals surface area contributed by atoms with Gasteiger partial charge in [-0.2, -0.15) is 5.10 Å². The fourth-order valence-corrected chi connectivity index (χ4v) is 3.88. The molecule has 0 radical (unpaired) electrons. The average molecular weight is 459 g/mol. The van der Waals surface area contributed by atoms with E-state index in [0.717, 1.165) is 11.1 Å². The summed E-state index contributed by atoms with van der Waals surface area (Å²) in [6, 6.07) is 19.1. The molecule has 0 aliphatic heterocycles. The largest absolute Gasteiger partial charge is 0.383 e. The molecule has 4 aromatic rings. The van der Waals surface area contributed by atoms with Crippen molar-refractivity contribution in [1.82, 2.24) is 19.3 Å². The molecule has 2 heterocycles. The molecule has 3 N–H and O–H groups in total. The van der Waals surface area contributed by atoms with Crippen LogP contribution in [0.3, 0.4) is 0 Å². The monoisotopic (exact) mass is 458 g/mol. The zero-order valence-electron chi connectivity index (χ0n) is 19.1. The molecule has 9 nitrogen and oxygen atoms in total. The quantitative estimate of drug-likeness (QED) is 0.441. The first-order chi connectivity index (χ1) is 16.4. The highest BCUT2D eigenvalue weighted by molar-refractivity contribution is 6.07. The lowest BCUT2D eigenvalue weighted by Crippen LogP contribution is -2.41. The van der Waals surface area contributed by atoms with Crippen molar-refractivity contribution in [2.75, 3.05) is 17.2 Å². The van der Waals surface area contributed by atoms with Crippen LogP contribution >= 0.6 is 0 Å². The van der Waals surface area contributed by atoms with E-state index in [9.17, 15) is 14.4 Å². The van der Waals surface area contributed by atoms with Gasteiger partial charge in [0.15, 0.2) is 5.69 Å². The summed E-state index contributed by atoms with van der Waals surface area (Å²) in [5, 5.41) is 4.37. The predicted octanol–water partition coefficient (Wildman–Crippen LogP) is 2.39. The summed E-state index contributed by atoms with van der Waals surface area (Å²) in [5.41, 5.74) is 7.81. The number of carbonyl (C=O) groups is 1. The molecule has 0 saturated heterocycles. The molecule has 4 rings (SSSR count). The number of nitrogens with one attached hydrogen (secondary N) is 1. The maximum absolute atomic E-state index is 13.5. The molecular weight excluding hydrogens is 432 g/mol. The summed E-state index contributed by atoms with van der Waals surface area (Å²) >= 11 is 0. The average Bonchev–Trinajstić information content (AvgIpc) is 3.20. The maximum atomic E-state index is 13.5. The first kappa shape index (κ1) is 22.8. The van der Waals surface area contributed by atoms with Crippen molar-refractivity contribution in [1.29, 1.82) is 0 Å². The van der Waals surface area contributed by atoms with Gasteiger partial charge in [-0.15, -0.1) is 0 Å². The Labute approximate surface area is 196 Å². The zero-order valence-corrected chi connectivity index (χ0v) is 19.1. The first-order valence-corrected chi connectivity index (χ1v) is 11.0. The normalized spacial score (nSPS) is 10.9. The smallest absolute Gasteiger partial charge is 0.330 e. The van der Waals surface area contributed by atoms with Crippen molar-refractivity contribution in [2.45, 2.75) is 26.9 Å². The fraction of sp³-hybridized carbons (Fsp3) is 0.200. The molecule has 0 spiro atoms. The minimum absolute atomic E-state index is 0.0572. The zero-order chi connectivity index (χ0) is 24.2. The van der Waals surface area contributed by atoms with Crippen molar-refractivity contribution in [2.24, 2.45) is 0 Å². The molecular formula is C25H26N6O3. The van der Waals surface area contributed by atoms with Crippen molar-refractivity contribution in [3.8, 4) is 0 Å². The maximum Gasteiger partial charge on any atom is 0.330 e. The molecule has 0 atom stereocenters. The molecule has 0 saturated carbocycles. The van der Waals surface area contributed by atoms with E-state index >= 15 is 0 Å². The lowest BCUT2D eigenvalue weighted by Gasteiger charge is -2.23. The van der Waals surface area contributed by atoms with Crippen LogP contribution in [0.15, 0.2) is 76.4 Å². The number of carbonyl (C=O) groups excluding carboxylic acids is 1. The van der Waals surface area contributed by atoms with E-state index in [4.69, 9.17) is 5.73 Å². The Bertz CT molecular complexity index is 1420. The number of anilines is 2. The Morgan fingerprint density at radius 2 is 1.59 bits per heavy atom. The van der Waals surface area contributed by atoms with Crippen molar-refractivity contribution < 1.29 is 4.79 Å². The standard InChI is InChI=1S/C25H26N6O3/c1-3-29(24(33)20-14-27-31(17(20)2)16-19-12-8-5-9-13-19)21-22(26)30(25(34)28-23(21)32)15-18-10-6-4-7-11-18/h4-14H,3,15-16,26H2,1-2H3,(H,28,32,34). The molecule has 0 aliphatic carbocycles. The van der Waals surface area contributed by atoms with Gasteiger partial charge in [0, 0.05) is 12.2 Å². The number of hydrogen-bond donors (Lipinski definition) is 2. The molecule has 174 valence electrons. The molecule has 2 aromatic heterocycles. The SMILES string of the molecule is CCN(C(=O)c1cnn(Cc2ccccc2)c1C)c1c(N)n(Cc2ccccc2)c(=O)[nH]c1=O. The number of rotatable bonds is 7. The van der Waals surface area contributed by atoms with E-state index in [1.54, 1.807) is 18.5 Å². The van der Waals surface area contributed by atoms with Crippen molar-refractivity contribution in [3.05, 3.63) is 110 Å². The molecule has 34 heavy (non-hydrogen) atoms. The minimum Gasteiger partial charge on any atom is -0.383 e. The Morgan fingerprint density at radius 3 is 2.18 bits per heavy atom. The number of aromatic amines is 1. The van der Waals surface area contributed by atoms with Crippen LogP contribution in [-0.2, 0) is 13.1 Å². The van der Waals surface area contributed by atoms with Gasteiger partial charge in [0.2, 0.25) is 0 Å². The number of nitrogens with zero attached hydrogens (tertiary/aromatic N) is 4. The lowest BCUT2D eigenvalue weighted by molar-refractivity contribution is 0.0987. The third-order valence-electron chi connectivity index (χ3n) is 5.74. The molecule has 0 bridgehead atoms. The molecule has 0 fully saturated rings. The van der Waals surface area contributed by atoms with Gasteiger partial charge in [-0.3, -0.25) is 23.8 Å². The number of amides is 1. The Hall–Kier alpha value is -4.40. The molecule has 1 amide bonds. The van der Waals surface area contributed by atoms with Crippen LogP contribution in [0.1, 0.15) is 34.1 Å². The van der Waals surface area contributed by atoms with Crippen LogP contribution < -0.4 is 21.9 Å². The van der Waals surface area contributed by atoms with Gasteiger partial charge in [0.1, 0.15) is 5.82 Å². The third-order valence-corrected chi connectivity index (χ3v) is 5.74. The number of benzene rings is 2. The highest BCUT2D eigenvalue weighted by Gasteiger charge is 2.26. The van der Waals surface area contributed by atoms with Crippen LogP contribution in [0.2, 0.25) is 0 Å². The van der Waals surface area contributed by atoms with Gasteiger partial charge in [0.05, 0.1) is 24.8 Å². The molecule has 0 aliphatic rings. The number of nitrogens with two attached hydrogens (primary N) is 1. The number of hydrogen-bond acceptors (Lipinski definition) is 5. The van der Waals surface area contributed by atoms with Crippen LogP contribution in [-0.4, -0.2) is 31.8 Å². The summed E-state index contributed by atoms with van der Waals surface area (Å²) in [7, 11) is 0. The lowest BCUT2D eigenvalue weighted by atomic mass is 10.2. The van der Waals surface area contributed by atoms with E-state index in [0.29, 0.717) is 17.8 Å². The minimum atomic E-state index is -0.712. The van der Waals surface area contributed by atoms with Crippen LogP contribution in [0, 0.1) is 6.92 Å². The van der Waals surface area contributed by atoms with Crippen molar-refractivity contribution in [3.63, 3.8) is 0 Å². The van der Waals surface area contributed by atoms with Gasteiger partial charge >= 0.3 is 5.69 Å². The van der Waals surface area contributed by atoms with Crippen LogP contribution in [0.5, 0.6) is 0 Å². The van der Waals surface area contributed by atoms with Gasteiger partial charge in [-0.1, -0.05) is 60.7 Å². The number of aromatic nitrogens is 4. The second kappa shape index (κ2) is 9.62. The highest BCUT2D eigenvalue weighted by Crippen LogP contribution is 2.21. The van der Waals surface area contributed by atoms with E-state index in [-0.39, 0.29) is 24.6 Å². The number of nitrogen functional groups attached to an aromatic ring is 1. The van der Waals surface area contributed by atoms with Gasteiger partial charge in [-0.25, -0.2) is 4.79 Å². The summed E-state index contributed by atoms with van der Waals surface area (Å²) in [6.07, 6.45) is 1.49. The van der Waals surface area contributed by atoms with E-state index in [1.165, 1.54) is 15.7 Å². The third kappa shape index (κ3) is 4.40. The van der Waals surface area contributed by atoms with Gasteiger partial charge in [-0.05, 0) is 25.0 Å². The summed E-state index contributed by atoms with van der Waals surface area (Å²) in [4.78, 5) is 42.4. The molecule has 2 aromatic carbocycles. The van der Waals surface area contributed by atoms with Gasteiger partial charge in [0.25, 0.3) is 11.5 Å². The summed E-state index contributed by atoms with van der Waals surface area (Å²) in [5.74, 6) is -0.483. The topological polar surface area (TPSA) is 119 Å². The van der Waals surface area contributed by atoms with Crippen LogP contribution in [0.4, 0.5) is 11.5 Å². The fourth-order valence-electron chi connectivity index (χ4n) is 3.88. The highest BCUT2D eigenvalue weighted by atomic mass is 16.2. The van der Waals surface area contributed by atoms with Crippen molar-refractivity contribution >= 4 is 17.4 Å². The van der Waals surface area contributed by atoms with E-state index in [1.807, 2.05) is 60.7 Å². The summed E-state index contributed by atoms with van der Waals surface area (Å²) in [6.45, 7) is 4.40. The number of H-pyrrole nitrogens is 1. The van der Waals surface area contributed by atoms with E-state index < -0.39 is 17.2 Å². The molecule has 0 unspecified atom stereocenters.